The van der Waals surface area contributed by atoms with E-state index in [1.54, 1.807) is 24.3 Å². The number of carbonyl (C=O) groups is 1. The van der Waals surface area contributed by atoms with Gasteiger partial charge in [-0.15, -0.1) is 0 Å². The normalized spacial score (nSPS) is 15.8. The fraction of sp³-hybridized carbons (Fsp3) is 0.500. The van der Waals surface area contributed by atoms with E-state index in [2.05, 4.69) is 0 Å². The maximum Gasteiger partial charge on any atom is 0.309 e. The number of carboxylic acid groups (broad SMARTS) is 1. The molecule has 0 spiro atoms. The van der Waals surface area contributed by atoms with Crippen molar-refractivity contribution in [3.8, 4) is 5.75 Å². The fourth-order valence-electron chi connectivity index (χ4n) is 2.07. The lowest BCUT2D eigenvalue weighted by atomic mass is 9.80. The molecular weight excluding hydrogens is 232 g/mol. The zero-order valence-electron chi connectivity index (χ0n) is 11.0. The van der Waals surface area contributed by atoms with Crippen LogP contribution in [0.15, 0.2) is 24.3 Å². The Kier molecular flexibility index (Phi) is 4.73. The molecule has 18 heavy (non-hydrogen) atoms. The van der Waals surface area contributed by atoms with Crippen LogP contribution in [0.2, 0.25) is 0 Å². The largest absolute Gasteiger partial charge is 0.497 e. The summed E-state index contributed by atoms with van der Waals surface area (Å²) in [5.41, 5.74) is -0.848. The molecule has 4 nitrogen and oxygen atoms in total. The van der Waals surface area contributed by atoms with Crippen molar-refractivity contribution in [2.24, 2.45) is 5.92 Å². The van der Waals surface area contributed by atoms with E-state index in [0.717, 1.165) is 0 Å². The van der Waals surface area contributed by atoms with Gasteiger partial charge in [0.25, 0.3) is 0 Å². The van der Waals surface area contributed by atoms with Gasteiger partial charge in [0, 0.05) is 0 Å². The van der Waals surface area contributed by atoms with Crippen LogP contribution in [0.4, 0.5) is 0 Å². The molecule has 0 aliphatic carbocycles. The van der Waals surface area contributed by atoms with Crippen LogP contribution in [0.1, 0.15) is 32.3 Å². The molecule has 0 bridgehead atoms. The Hall–Kier alpha value is -1.55. The lowest BCUT2D eigenvalue weighted by Crippen LogP contribution is -2.37. The van der Waals surface area contributed by atoms with Crippen molar-refractivity contribution in [2.75, 3.05) is 7.11 Å². The Morgan fingerprint density at radius 3 is 2.67 bits per heavy atom. The highest BCUT2D eigenvalue weighted by molar-refractivity contribution is 5.72. The summed E-state index contributed by atoms with van der Waals surface area (Å²) in [5.74, 6) is -1.20. The highest BCUT2D eigenvalue weighted by Gasteiger charge is 2.38. The zero-order chi connectivity index (χ0) is 13.8. The van der Waals surface area contributed by atoms with Crippen LogP contribution in [-0.2, 0) is 10.4 Å². The van der Waals surface area contributed by atoms with Crippen LogP contribution in [0.5, 0.6) is 5.75 Å². The average molecular weight is 252 g/mol. The smallest absolute Gasteiger partial charge is 0.309 e. The number of carboxylic acids is 1. The maximum absolute atomic E-state index is 11.3. The van der Waals surface area contributed by atoms with Gasteiger partial charge in [-0.3, -0.25) is 4.79 Å². The molecule has 0 radical (unpaired) electrons. The number of methoxy groups -OCH3 is 1. The predicted octanol–water partition coefficient (Wildman–Crippen LogP) is 2.40. The molecule has 1 aromatic carbocycles. The van der Waals surface area contributed by atoms with Crippen LogP contribution < -0.4 is 4.74 Å². The van der Waals surface area contributed by atoms with Crippen LogP contribution in [0.25, 0.3) is 0 Å². The lowest BCUT2D eigenvalue weighted by molar-refractivity contribution is -0.152. The van der Waals surface area contributed by atoms with Crippen molar-refractivity contribution in [3.05, 3.63) is 29.8 Å². The Balaban J connectivity index is 3.12. The van der Waals surface area contributed by atoms with E-state index in [9.17, 15) is 15.0 Å². The quantitative estimate of drug-likeness (QED) is 0.816. The molecule has 0 saturated heterocycles. The van der Waals surface area contributed by atoms with Crippen molar-refractivity contribution < 1.29 is 19.7 Å². The summed E-state index contributed by atoms with van der Waals surface area (Å²) in [5, 5.41) is 19.8. The van der Waals surface area contributed by atoms with Crippen LogP contribution in [-0.4, -0.2) is 23.3 Å². The van der Waals surface area contributed by atoms with E-state index >= 15 is 0 Å². The van der Waals surface area contributed by atoms with Gasteiger partial charge in [0.05, 0.1) is 13.0 Å². The van der Waals surface area contributed by atoms with E-state index in [-0.39, 0.29) is 0 Å². The summed E-state index contributed by atoms with van der Waals surface area (Å²) in [6, 6.07) is 6.89. The molecule has 2 unspecified atom stereocenters. The molecule has 0 saturated carbocycles. The average Bonchev–Trinajstić information content (AvgIpc) is 2.35. The maximum atomic E-state index is 11.3. The van der Waals surface area contributed by atoms with Crippen molar-refractivity contribution >= 4 is 5.97 Å². The predicted molar refractivity (Wildman–Crippen MR) is 68.6 cm³/mol. The molecule has 1 aromatic rings. The second-order valence-corrected chi connectivity index (χ2v) is 4.56. The van der Waals surface area contributed by atoms with E-state index < -0.39 is 17.5 Å². The Morgan fingerprint density at radius 2 is 2.17 bits per heavy atom. The number of hydrogen-bond donors (Lipinski definition) is 2. The van der Waals surface area contributed by atoms with Gasteiger partial charge in [-0.05, 0) is 31.0 Å². The number of aliphatic hydroxyl groups is 1. The first-order chi connectivity index (χ1) is 8.43. The Labute approximate surface area is 107 Å². The molecule has 1 rings (SSSR count). The summed E-state index contributed by atoms with van der Waals surface area (Å²) >= 11 is 0. The van der Waals surface area contributed by atoms with Crippen LogP contribution >= 0.6 is 0 Å². The molecule has 0 aliphatic rings. The second-order valence-electron chi connectivity index (χ2n) is 4.56. The molecule has 0 heterocycles. The molecule has 0 aliphatic heterocycles. The van der Waals surface area contributed by atoms with Gasteiger partial charge in [-0.2, -0.15) is 0 Å². The van der Waals surface area contributed by atoms with Crippen molar-refractivity contribution in [1.82, 2.24) is 0 Å². The molecular formula is C14H20O4. The molecule has 0 aromatic heterocycles. The van der Waals surface area contributed by atoms with Crippen LogP contribution in [0.3, 0.4) is 0 Å². The number of rotatable bonds is 6. The Morgan fingerprint density at radius 1 is 1.50 bits per heavy atom. The summed E-state index contributed by atoms with van der Waals surface area (Å²) in [4.78, 5) is 11.3. The van der Waals surface area contributed by atoms with Gasteiger partial charge < -0.3 is 14.9 Å². The minimum atomic E-state index is -1.41. The van der Waals surface area contributed by atoms with E-state index in [0.29, 0.717) is 24.2 Å². The van der Waals surface area contributed by atoms with E-state index in [4.69, 9.17) is 4.74 Å². The van der Waals surface area contributed by atoms with E-state index in [1.807, 2.05) is 6.92 Å². The highest BCUT2D eigenvalue weighted by Crippen LogP contribution is 2.34. The number of benzene rings is 1. The minimum absolute atomic E-state index is 0.430. The van der Waals surface area contributed by atoms with Gasteiger partial charge >= 0.3 is 5.97 Å². The summed E-state index contributed by atoms with van der Waals surface area (Å²) in [7, 11) is 1.54. The van der Waals surface area contributed by atoms with Crippen LogP contribution in [0, 0.1) is 5.92 Å². The second kappa shape index (κ2) is 5.87. The van der Waals surface area contributed by atoms with Gasteiger partial charge in [0.1, 0.15) is 11.4 Å². The third-order valence-corrected chi connectivity index (χ3v) is 3.21. The number of ether oxygens (including phenoxy) is 1. The summed E-state index contributed by atoms with van der Waals surface area (Å²) in [6.45, 7) is 3.44. The minimum Gasteiger partial charge on any atom is -0.497 e. The van der Waals surface area contributed by atoms with Crippen molar-refractivity contribution in [1.29, 1.82) is 0 Å². The van der Waals surface area contributed by atoms with Crippen molar-refractivity contribution in [2.45, 2.75) is 32.3 Å². The molecule has 2 N–H and O–H groups in total. The third-order valence-electron chi connectivity index (χ3n) is 3.21. The molecule has 2 atom stereocenters. The molecule has 4 heteroatoms. The van der Waals surface area contributed by atoms with Gasteiger partial charge in [-0.1, -0.05) is 25.5 Å². The summed E-state index contributed by atoms with van der Waals surface area (Å²) < 4.78 is 5.09. The first kappa shape index (κ1) is 14.5. The van der Waals surface area contributed by atoms with Gasteiger partial charge in [0.2, 0.25) is 0 Å². The third kappa shape index (κ3) is 3.01. The first-order valence-corrected chi connectivity index (χ1v) is 6.03. The molecule has 100 valence electrons. The van der Waals surface area contributed by atoms with Gasteiger partial charge in [0.15, 0.2) is 0 Å². The SMILES string of the molecule is CCCC(C(=O)O)C(C)(O)c1cccc(OC)c1. The Bertz CT molecular complexity index is 412. The highest BCUT2D eigenvalue weighted by atomic mass is 16.5. The lowest BCUT2D eigenvalue weighted by Gasteiger charge is -2.30. The standard InChI is InChI=1S/C14H20O4/c1-4-6-12(13(15)16)14(2,17)10-7-5-8-11(9-10)18-3/h5,7-9,12,17H,4,6H2,1-3H3,(H,15,16). The zero-order valence-corrected chi connectivity index (χ0v) is 11.0. The molecule has 0 fully saturated rings. The molecule has 0 amide bonds. The number of hydrogen-bond acceptors (Lipinski definition) is 3. The van der Waals surface area contributed by atoms with E-state index in [1.165, 1.54) is 14.0 Å². The monoisotopic (exact) mass is 252 g/mol. The topological polar surface area (TPSA) is 66.8 Å². The first-order valence-electron chi connectivity index (χ1n) is 6.03. The van der Waals surface area contributed by atoms with Crippen molar-refractivity contribution in [3.63, 3.8) is 0 Å². The number of aliphatic carboxylic acids is 1. The summed E-state index contributed by atoms with van der Waals surface area (Å²) in [6.07, 6.45) is 1.14. The fourth-order valence-corrected chi connectivity index (χ4v) is 2.07. The van der Waals surface area contributed by atoms with Gasteiger partial charge in [-0.25, -0.2) is 0 Å².